The Bertz CT molecular complexity index is 3250. The van der Waals surface area contributed by atoms with Gasteiger partial charge >= 0.3 is 0 Å². The minimum Gasteiger partial charge on any atom is -0.506 e. The van der Waals surface area contributed by atoms with Gasteiger partial charge in [0, 0.05) is 110 Å². The van der Waals surface area contributed by atoms with Gasteiger partial charge in [-0.3, -0.25) is 0 Å². The molecule has 0 unspecified atom stereocenters. The third-order valence-electron chi connectivity index (χ3n) is 9.54. The van der Waals surface area contributed by atoms with Crippen LogP contribution >= 0.6 is 125 Å². The zero-order valence-electron chi connectivity index (χ0n) is 30.9. The van der Waals surface area contributed by atoms with Gasteiger partial charge < -0.3 is 10.2 Å². The van der Waals surface area contributed by atoms with Crippen LogP contribution in [0.3, 0.4) is 0 Å². The normalized spacial score (nSPS) is 11.7. The SMILES string of the molecule is Cc1ccc(-c2ccc(-c3ccc(-c4cc(O)c(-c5ccc(-c6ccc(-c7ccc(-c8cc(O)c(-c9ccc(-c%10ccc(-c%11ccc(C)s%11)s%10)s9)s8)s7)s6)s5)s4)s3)s2)s1. The van der Waals surface area contributed by atoms with E-state index in [-0.39, 0.29) is 0 Å². The Balaban J connectivity index is 0.780. The minimum atomic E-state index is 0.334. The molecule has 0 radical (unpaired) electrons. The number of hydrogen-bond acceptors (Lipinski definition) is 13. The lowest BCUT2D eigenvalue weighted by molar-refractivity contribution is 0.479. The van der Waals surface area contributed by atoms with E-state index in [1.807, 2.05) is 57.5 Å². The fraction of sp³-hybridized carbons (Fsp3) is 0.0435. The summed E-state index contributed by atoms with van der Waals surface area (Å²) >= 11 is 19.5. The molecule has 0 saturated carbocycles. The van der Waals surface area contributed by atoms with Crippen LogP contribution < -0.4 is 0 Å². The van der Waals surface area contributed by atoms with Crippen LogP contribution in [0, 0.1) is 13.8 Å². The van der Waals surface area contributed by atoms with E-state index in [0.717, 1.165) is 34.1 Å². The molecule has 59 heavy (non-hydrogen) atoms. The molecule has 0 aromatic carbocycles. The Morgan fingerprint density at radius 2 is 0.441 bits per heavy atom. The smallest absolute Gasteiger partial charge is 0.135 e. The van der Waals surface area contributed by atoms with Crippen LogP contribution in [0.2, 0.25) is 0 Å². The molecule has 0 atom stereocenters. The second kappa shape index (κ2) is 15.6. The number of hydrogen-bond donors (Lipinski definition) is 2. The van der Waals surface area contributed by atoms with E-state index in [0.29, 0.717) is 11.5 Å². The summed E-state index contributed by atoms with van der Waals surface area (Å²) < 4.78 is 0. The molecule has 0 bridgehead atoms. The summed E-state index contributed by atoms with van der Waals surface area (Å²) in [7, 11) is 0. The summed E-state index contributed by atoms with van der Waals surface area (Å²) in [5.74, 6) is 0.670. The first-order chi connectivity index (χ1) is 28.8. The van der Waals surface area contributed by atoms with Crippen molar-refractivity contribution in [3.05, 3.63) is 131 Å². The molecule has 11 aromatic heterocycles. The Hall–Kier alpha value is -3.70. The van der Waals surface area contributed by atoms with E-state index in [4.69, 9.17) is 0 Å². The van der Waals surface area contributed by atoms with Gasteiger partial charge in [-0.15, -0.1) is 125 Å². The van der Waals surface area contributed by atoms with Crippen molar-refractivity contribution in [1.82, 2.24) is 0 Å². The highest BCUT2D eigenvalue weighted by molar-refractivity contribution is 7.33. The van der Waals surface area contributed by atoms with Gasteiger partial charge in [0.15, 0.2) is 0 Å². The van der Waals surface area contributed by atoms with Crippen molar-refractivity contribution in [3.8, 4) is 109 Å². The summed E-state index contributed by atoms with van der Waals surface area (Å²) in [6.07, 6.45) is 0. The number of rotatable bonds is 10. The number of aryl methyl sites for hydroxylation is 2. The molecule has 13 heteroatoms. The maximum Gasteiger partial charge on any atom is 0.135 e. The zero-order valence-corrected chi connectivity index (χ0v) is 39.9. The van der Waals surface area contributed by atoms with Crippen molar-refractivity contribution in [2.24, 2.45) is 0 Å². The van der Waals surface area contributed by atoms with Crippen molar-refractivity contribution < 1.29 is 10.2 Å². The third kappa shape index (κ3) is 7.44. The van der Waals surface area contributed by atoms with Gasteiger partial charge in [0.05, 0.1) is 9.75 Å². The molecule has 0 aliphatic rings. The van der Waals surface area contributed by atoms with E-state index in [1.54, 1.807) is 79.4 Å². The molecular weight excluding hydrogens is 937 g/mol. The van der Waals surface area contributed by atoms with Gasteiger partial charge in [-0.2, -0.15) is 0 Å². The molecule has 0 amide bonds. The highest BCUT2D eigenvalue weighted by atomic mass is 32.1. The van der Waals surface area contributed by atoms with Crippen molar-refractivity contribution in [2.45, 2.75) is 13.8 Å². The molecule has 0 aliphatic heterocycles. The van der Waals surface area contributed by atoms with Crippen LogP contribution in [0.1, 0.15) is 9.75 Å². The van der Waals surface area contributed by atoms with Gasteiger partial charge in [-0.25, -0.2) is 0 Å². The zero-order chi connectivity index (χ0) is 39.8. The average molecular weight is 965 g/mol. The van der Waals surface area contributed by atoms with Crippen LogP contribution in [-0.4, -0.2) is 10.2 Å². The van der Waals surface area contributed by atoms with Crippen molar-refractivity contribution in [3.63, 3.8) is 0 Å². The van der Waals surface area contributed by atoms with Crippen LogP contribution in [0.25, 0.3) is 97.5 Å². The summed E-state index contributed by atoms with van der Waals surface area (Å²) in [6.45, 7) is 4.30. The van der Waals surface area contributed by atoms with Gasteiger partial charge in [0.2, 0.25) is 0 Å². The molecule has 0 fully saturated rings. The van der Waals surface area contributed by atoms with E-state index >= 15 is 0 Å². The summed E-state index contributed by atoms with van der Waals surface area (Å²) in [5, 5.41) is 22.2. The van der Waals surface area contributed by atoms with Crippen LogP contribution in [0.15, 0.2) is 121 Å². The molecule has 11 rings (SSSR count). The summed E-state index contributed by atoms with van der Waals surface area (Å²) in [4.78, 5) is 26.2. The Morgan fingerprint density at radius 3 is 0.695 bits per heavy atom. The molecular formula is C46H28O2S11. The Kier molecular flexibility index (Phi) is 10.1. The molecule has 2 N–H and O–H groups in total. The maximum absolute atomic E-state index is 11.1. The van der Waals surface area contributed by atoms with Crippen molar-refractivity contribution in [2.75, 3.05) is 0 Å². The summed E-state index contributed by atoms with van der Waals surface area (Å²) in [5.41, 5.74) is 0. The minimum absolute atomic E-state index is 0.334. The highest BCUT2D eigenvalue weighted by Crippen LogP contribution is 2.52. The molecule has 2 nitrogen and oxygen atoms in total. The average Bonchev–Trinajstić information content (AvgIpc) is 4.05. The third-order valence-corrected chi connectivity index (χ3v) is 23.3. The Morgan fingerprint density at radius 1 is 0.237 bits per heavy atom. The van der Waals surface area contributed by atoms with Crippen LogP contribution in [0.5, 0.6) is 11.5 Å². The number of aromatic hydroxyl groups is 2. The molecule has 0 spiro atoms. The topological polar surface area (TPSA) is 40.5 Å². The summed E-state index contributed by atoms with van der Waals surface area (Å²) in [6, 6.07) is 43.3. The maximum atomic E-state index is 11.1. The predicted octanol–water partition coefficient (Wildman–Crippen LogP) is 19.1. The lowest BCUT2D eigenvalue weighted by Gasteiger charge is -1.94. The monoisotopic (exact) mass is 964 g/mol. The van der Waals surface area contributed by atoms with Crippen LogP contribution in [0.4, 0.5) is 0 Å². The van der Waals surface area contributed by atoms with Gasteiger partial charge in [0.1, 0.15) is 11.5 Å². The molecule has 11 aromatic rings. The van der Waals surface area contributed by atoms with E-state index in [9.17, 15) is 10.2 Å². The van der Waals surface area contributed by atoms with Gasteiger partial charge in [-0.1, -0.05) is 0 Å². The first-order valence-corrected chi connectivity index (χ1v) is 27.3. The quantitative estimate of drug-likeness (QED) is 0.143. The van der Waals surface area contributed by atoms with Crippen molar-refractivity contribution >= 4 is 125 Å². The van der Waals surface area contributed by atoms with Crippen molar-refractivity contribution in [1.29, 1.82) is 0 Å². The largest absolute Gasteiger partial charge is 0.506 e. The fourth-order valence-corrected chi connectivity index (χ4v) is 18.5. The highest BCUT2D eigenvalue weighted by Gasteiger charge is 2.20. The first-order valence-electron chi connectivity index (χ1n) is 18.3. The number of thiophene rings is 11. The first kappa shape index (κ1) is 38.2. The second-order valence-corrected chi connectivity index (χ2v) is 25.9. The van der Waals surface area contributed by atoms with E-state index < -0.39 is 0 Å². The molecule has 0 aliphatic carbocycles. The van der Waals surface area contributed by atoms with E-state index in [2.05, 4.69) is 123 Å². The fourth-order valence-electron chi connectivity index (χ4n) is 6.69. The van der Waals surface area contributed by atoms with Gasteiger partial charge in [0.25, 0.3) is 0 Å². The Labute approximate surface area is 384 Å². The van der Waals surface area contributed by atoms with E-state index in [1.165, 1.54) is 73.2 Å². The van der Waals surface area contributed by atoms with Gasteiger partial charge in [-0.05, 0) is 123 Å². The second-order valence-electron chi connectivity index (χ2n) is 13.6. The predicted molar refractivity (Wildman–Crippen MR) is 270 cm³/mol. The standard InChI is InChI=1S/C46H28O2S11/c1-23-3-5-27(49-23)29-7-9-31(51-29)33-13-15-39(54-33)43-21-26(48)46(58-43)42-20-18-38(57-42)36-12-11-32(53-36)34-14-16-40(55-34)44-22-25(47)45(59-44)41-19-17-37(56-41)35-10-8-30(52-35)28-6-4-24(2)50-28/h3-22,47-48H,1-2H3. The molecule has 290 valence electrons. The molecule has 0 saturated heterocycles. The lowest BCUT2D eigenvalue weighted by Crippen LogP contribution is -1.61. The van der Waals surface area contributed by atoms with Crippen LogP contribution in [-0.2, 0) is 0 Å². The molecule has 11 heterocycles. The lowest BCUT2D eigenvalue weighted by atomic mass is 10.3.